The van der Waals surface area contributed by atoms with Crippen LogP contribution in [0.3, 0.4) is 0 Å². The lowest BCUT2D eigenvalue weighted by molar-refractivity contribution is -0.138. The Bertz CT molecular complexity index is 1810. The largest absolute Gasteiger partial charge is 0.481 e. The average Bonchev–Trinajstić information content (AvgIpc) is 3.11. The highest BCUT2D eigenvalue weighted by molar-refractivity contribution is 9.10. The van der Waals surface area contributed by atoms with Crippen LogP contribution in [0.5, 0.6) is 23.5 Å². The molecule has 0 amide bonds. The molecule has 4 aromatic rings. The maximum Gasteiger partial charge on any atom is 0.303 e. The summed E-state index contributed by atoms with van der Waals surface area (Å²) in [5.74, 6) is -0.180. The number of carboxylic acid groups (broad SMARTS) is 2. The van der Waals surface area contributed by atoms with Crippen molar-refractivity contribution >= 4 is 51.1 Å². The monoisotopic (exact) mass is 804 g/mol. The summed E-state index contributed by atoms with van der Waals surface area (Å²) in [5, 5.41) is 25.0. The van der Waals surface area contributed by atoms with Gasteiger partial charge in [0.1, 0.15) is 13.2 Å². The number of carbonyl (C=O) groups is 2. The van der Waals surface area contributed by atoms with Crippen molar-refractivity contribution in [2.45, 2.75) is 52.0 Å². The van der Waals surface area contributed by atoms with E-state index in [-0.39, 0.29) is 26.1 Å². The first kappa shape index (κ1) is 39.6. The van der Waals surface area contributed by atoms with E-state index >= 15 is 0 Å². The average molecular weight is 807 g/mol. The lowest BCUT2D eigenvalue weighted by Crippen LogP contribution is -2.17. The predicted molar refractivity (Wildman–Crippen MR) is 197 cm³/mol. The number of ether oxygens (including phenoxy) is 4. The summed E-state index contributed by atoms with van der Waals surface area (Å²) in [6.07, 6.45) is 1.23. The first-order valence-electron chi connectivity index (χ1n) is 16.0. The molecule has 51 heavy (non-hydrogen) atoms. The molecule has 0 radical (unpaired) electrons. The van der Waals surface area contributed by atoms with Crippen LogP contribution in [0.15, 0.2) is 59.1 Å². The summed E-state index contributed by atoms with van der Waals surface area (Å²) in [6.45, 7) is 2.28. The molecule has 0 saturated carbocycles. The van der Waals surface area contributed by atoms with Gasteiger partial charge in [0.2, 0.25) is 23.5 Å². The number of methoxy groups -OCH3 is 2. The molecular weight excluding hydrogens is 767 g/mol. The third-order valence-electron chi connectivity index (χ3n) is 7.59. The summed E-state index contributed by atoms with van der Waals surface area (Å²) in [6, 6.07) is 16.7. The minimum absolute atomic E-state index is 0.0955. The Morgan fingerprint density at radius 1 is 0.706 bits per heavy atom. The van der Waals surface area contributed by atoms with E-state index in [9.17, 15) is 9.59 Å². The van der Waals surface area contributed by atoms with Crippen LogP contribution in [0.1, 0.15) is 47.9 Å². The van der Waals surface area contributed by atoms with E-state index in [0.717, 1.165) is 33.4 Å². The number of pyridine rings is 2. The van der Waals surface area contributed by atoms with Gasteiger partial charge < -0.3 is 39.8 Å². The summed E-state index contributed by atoms with van der Waals surface area (Å²) >= 11 is 17.4. The second kappa shape index (κ2) is 20.0. The van der Waals surface area contributed by atoms with Gasteiger partial charge in [-0.2, -0.15) is 9.97 Å². The van der Waals surface area contributed by atoms with E-state index < -0.39 is 11.9 Å². The summed E-state index contributed by atoms with van der Waals surface area (Å²) in [4.78, 5) is 30.4. The van der Waals surface area contributed by atoms with Crippen LogP contribution in [0.25, 0.3) is 11.1 Å². The molecule has 0 atom stereocenters. The number of benzene rings is 2. The van der Waals surface area contributed by atoms with Crippen molar-refractivity contribution in [1.29, 1.82) is 0 Å². The van der Waals surface area contributed by atoms with Crippen molar-refractivity contribution in [3.05, 3.63) is 91.4 Å². The molecule has 2 aromatic carbocycles. The molecule has 2 heterocycles. The fourth-order valence-corrected chi connectivity index (χ4v) is 6.06. The van der Waals surface area contributed by atoms with Crippen LogP contribution >= 0.6 is 39.1 Å². The van der Waals surface area contributed by atoms with Crippen LogP contribution in [-0.2, 0) is 35.9 Å². The number of nitrogens with zero attached hydrogens (tertiary/aromatic N) is 2. The van der Waals surface area contributed by atoms with Crippen molar-refractivity contribution in [2.24, 2.45) is 0 Å². The maximum absolute atomic E-state index is 10.7. The van der Waals surface area contributed by atoms with Gasteiger partial charge in [0, 0.05) is 65.4 Å². The van der Waals surface area contributed by atoms with E-state index in [1.54, 1.807) is 6.07 Å². The molecule has 272 valence electrons. The lowest BCUT2D eigenvalue weighted by Gasteiger charge is -2.16. The number of hydrogen-bond donors (Lipinski definition) is 4. The minimum Gasteiger partial charge on any atom is -0.481 e. The second-order valence-electron chi connectivity index (χ2n) is 11.2. The zero-order valence-corrected chi connectivity index (χ0v) is 31.2. The zero-order chi connectivity index (χ0) is 36.8. The molecule has 0 aliphatic carbocycles. The third kappa shape index (κ3) is 11.7. The number of nitrogens with one attached hydrogen (secondary N) is 2. The van der Waals surface area contributed by atoms with E-state index in [1.165, 1.54) is 14.2 Å². The van der Waals surface area contributed by atoms with Crippen LogP contribution in [-0.4, -0.2) is 59.4 Å². The van der Waals surface area contributed by atoms with E-state index in [2.05, 4.69) is 36.5 Å². The fraction of sp³-hybridized carbons (Fsp3) is 0.333. The number of halogens is 3. The number of carboxylic acids is 2. The van der Waals surface area contributed by atoms with Crippen LogP contribution in [0.4, 0.5) is 0 Å². The Labute approximate surface area is 314 Å². The number of hydrogen-bond acceptors (Lipinski definition) is 10. The Hall–Kier alpha value is -4.14. The molecule has 0 unspecified atom stereocenters. The number of rotatable bonds is 21. The van der Waals surface area contributed by atoms with Crippen LogP contribution in [0, 0.1) is 0 Å². The maximum atomic E-state index is 10.7. The normalized spacial score (nSPS) is 10.9. The minimum atomic E-state index is -0.829. The van der Waals surface area contributed by atoms with Crippen LogP contribution in [0.2, 0.25) is 10.0 Å². The van der Waals surface area contributed by atoms with Gasteiger partial charge in [0.15, 0.2) is 0 Å². The number of aromatic nitrogens is 2. The molecule has 0 fully saturated rings. The first-order chi connectivity index (χ1) is 24.6. The molecule has 4 N–H and O–H groups in total. The molecule has 0 spiro atoms. The summed E-state index contributed by atoms with van der Waals surface area (Å²) < 4.78 is 23.6. The topological polar surface area (TPSA) is 161 Å². The summed E-state index contributed by atoms with van der Waals surface area (Å²) in [7, 11) is 3.05. The van der Waals surface area contributed by atoms with E-state index in [4.69, 9.17) is 52.4 Å². The molecule has 0 bridgehead atoms. The number of aliphatic carboxylic acids is 2. The van der Waals surface area contributed by atoms with Crippen molar-refractivity contribution in [3.63, 3.8) is 0 Å². The van der Waals surface area contributed by atoms with Gasteiger partial charge in [-0.1, -0.05) is 59.6 Å². The van der Waals surface area contributed by atoms with Gasteiger partial charge in [-0.25, -0.2) is 0 Å². The first-order valence-corrected chi connectivity index (χ1v) is 17.6. The van der Waals surface area contributed by atoms with Gasteiger partial charge in [-0.05, 0) is 54.0 Å². The highest BCUT2D eigenvalue weighted by atomic mass is 79.9. The molecule has 15 heteroatoms. The van der Waals surface area contributed by atoms with Gasteiger partial charge in [-0.3, -0.25) is 9.59 Å². The standard InChI is InChI=1S/C36H39BrCl2N4O8/c1-48-34-22(18-40-15-5-11-30(44)45)13-14-29(42-34)50-20-23-7-3-9-26(32(23)38)27-10-4-8-24(33(27)39)21-51-36-28(37)17-25(35(43-36)49-2)19-41-16-6-12-31(46)47/h3-4,7-10,13-14,17,40-41H,5-6,11-12,15-16,18-21H2,1-2H3,(H,44,45)(H,46,47). The van der Waals surface area contributed by atoms with Gasteiger partial charge >= 0.3 is 11.9 Å². The zero-order valence-electron chi connectivity index (χ0n) is 28.1. The van der Waals surface area contributed by atoms with E-state index in [0.29, 0.717) is 77.1 Å². The predicted octanol–water partition coefficient (Wildman–Crippen LogP) is 7.30. The van der Waals surface area contributed by atoms with Crippen molar-refractivity contribution in [3.8, 4) is 34.6 Å². The molecule has 0 saturated heterocycles. The Kier molecular flexibility index (Phi) is 15.6. The Morgan fingerprint density at radius 2 is 1.24 bits per heavy atom. The Morgan fingerprint density at radius 3 is 1.78 bits per heavy atom. The fourth-order valence-electron chi connectivity index (χ4n) is 5.01. The lowest BCUT2D eigenvalue weighted by atomic mass is 10.0. The molecule has 0 aliphatic rings. The van der Waals surface area contributed by atoms with Gasteiger partial charge in [-0.15, -0.1) is 0 Å². The van der Waals surface area contributed by atoms with Crippen molar-refractivity contribution < 1.29 is 38.7 Å². The molecular formula is C36H39BrCl2N4O8. The highest BCUT2D eigenvalue weighted by Gasteiger charge is 2.17. The quantitative estimate of drug-likeness (QED) is 0.0624. The molecule has 12 nitrogen and oxygen atoms in total. The molecule has 2 aromatic heterocycles. The smallest absolute Gasteiger partial charge is 0.303 e. The SMILES string of the molecule is COc1nc(OCc2cccc(-c3cccc(COc4nc(OC)c(CNCCCC(=O)O)cc4Br)c3Cl)c2Cl)ccc1CNCCCC(=O)O. The van der Waals surface area contributed by atoms with Gasteiger partial charge in [0.25, 0.3) is 0 Å². The van der Waals surface area contributed by atoms with Crippen molar-refractivity contribution in [1.82, 2.24) is 20.6 Å². The van der Waals surface area contributed by atoms with Gasteiger partial charge in [0.05, 0.1) is 28.7 Å². The van der Waals surface area contributed by atoms with Crippen LogP contribution < -0.4 is 29.6 Å². The molecule has 0 aliphatic heterocycles. The second-order valence-corrected chi connectivity index (χ2v) is 12.9. The highest BCUT2D eigenvalue weighted by Crippen LogP contribution is 2.38. The Balaban J connectivity index is 1.41. The summed E-state index contributed by atoms with van der Waals surface area (Å²) in [5.41, 5.74) is 4.50. The van der Waals surface area contributed by atoms with Crippen molar-refractivity contribution in [2.75, 3.05) is 27.3 Å². The third-order valence-corrected chi connectivity index (χ3v) is 9.05. The molecule has 4 rings (SSSR count). The van der Waals surface area contributed by atoms with E-state index in [1.807, 2.05) is 48.5 Å².